The molecule has 0 radical (unpaired) electrons. The largest absolute Gasteiger partial charge is 0.493 e. The summed E-state index contributed by atoms with van der Waals surface area (Å²) in [7, 11) is -5.30. The van der Waals surface area contributed by atoms with Gasteiger partial charge in [-0.2, -0.15) is 4.31 Å². The summed E-state index contributed by atoms with van der Waals surface area (Å²) in [5.41, 5.74) is 2.25. The number of aliphatic hydroxyl groups excluding tert-OH is 1. The fraction of sp³-hybridized carbons (Fsp3) is 0.548. The van der Waals surface area contributed by atoms with Gasteiger partial charge in [-0.1, -0.05) is 102 Å². The molecule has 2 aliphatic rings. The standard InChI is InChI=1S/C31H45N2O10PS.C8H10.C3H8/c1-21(2)17-33(45(37,38)23-11-12-27(39-3)28(16-23)42-20-44(4,5)36)18-26(34)25(15-22-9-7-6-8-10-22)32-31(35)43-29-19-41-30-24(29)13-14-40-30;1-2-8-6-4-3-5-7-8;1-3-2/h6-12,16,21,24-26,29-30,34H,13-15,17-20H2,1-5H3,(H,32,35);3-7H,2H2,1H3;3H2,1-2H3/t24-,25-,26+,29-,30+;;/m0../s1. The molecular formula is C42H63N2O10PS. The Morgan fingerprint density at radius 1 is 0.946 bits per heavy atom. The quantitative estimate of drug-likeness (QED) is 0.140. The van der Waals surface area contributed by atoms with Crippen LogP contribution in [0.3, 0.4) is 0 Å². The molecule has 2 aliphatic heterocycles. The van der Waals surface area contributed by atoms with E-state index < -0.39 is 41.5 Å². The number of hydrogen-bond acceptors (Lipinski definition) is 10. The zero-order valence-corrected chi connectivity index (χ0v) is 36.0. The van der Waals surface area contributed by atoms with Crippen LogP contribution >= 0.6 is 7.14 Å². The molecule has 2 fully saturated rings. The molecule has 0 saturated carbocycles. The van der Waals surface area contributed by atoms with E-state index in [1.165, 1.54) is 41.6 Å². The topological polar surface area (TPSA) is 150 Å². The number of ether oxygens (including phenoxy) is 5. The molecule has 2 saturated heterocycles. The second-order valence-electron chi connectivity index (χ2n) is 14.9. The minimum atomic E-state index is -4.16. The zero-order valence-electron chi connectivity index (χ0n) is 34.3. The summed E-state index contributed by atoms with van der Waals surface area (Å²) >= 11 is 0. The van der Waals surface area contributed by atoms with E-state index in [2.05, 4.69) is 50.4 Å². The van der Waals surface area contributed by atoms with Crippen LogP contribution in [0.1, 0.15) is 58.6 Å². The molecule has 2 heterocycles. The van der Waals surface area contributed by atoms with Crippen molar-refractivity contribution in [2.75, 3.05) is 53.1 Å². The molecule has 312 valence electrons. The van der Waals surface area contributed by atoms with Gasteiger partial charge in [-0.05, 0) is 61.8 Å². The first kappa shape index (κ1) is 46.9. The molecular weight excluding hydrogens is 756 g/mol. The molecule has 2 N–H and O–H groups in total. The van der Waals surface area contributed by atoms with Crippen molar-refractivity contribution >= 4 is 23.3 Å². The zero-order chi connectivity index (χ0) is 41.3. The summed E-state index contributed by atoms with van der Waals surface area (Å²) in [5.74, 6) is 0.303. The average Bonchev–Trinajstić information content (AvgIpc) is 3.79. The Balaban J connectivity index is 0.000000662. The number of rotatable bonds is 16. The van der Waals surface area contributed by atoms with Crippen LogP contribution in [0.5, 0.6) is 11.5 Å². The summed E-state index contributed by atoms with van der Waals surface area (Å²) in [6.07, 6.45) is 0.356. The number of fused-ring (bicyclic) bond motifs is 1. The van der Waals surface area contributed by atoms with Gasteiger partial charge in [-0.25, -0.2) is 13.2 Å². The Bertz CT molecular complexity index is 1760. The number of nitrogens with one attached hydrogen (secondary N) is 1. The summed E-state index contributed by atoms with van der Waals surface area (Å²) in [5, 5.41) is 14.3. The van der Waals surface area contributed by atoms with Crippen molar-refractivity contribution in [3.05, 3.63) is 90.0 Å². The van der Waals surface area contributed by atoms with E-state index in [-0.39, 0.29) is 61.2 Å². The van der Waals surface area contributed by atoms with E-state index in [9.17, 15) is 22.9 Å². The highest BCUT2D eigenvalue weighted by atomic mass is 32.2. The van der Waals surface area contributed by atoms with Crippen molar-refractivity contribution in [2.24, 2.45) is 11.8 Å². The normalized spacial score (nSPS) is 18.8. The number of benzene rings is 3. The monoisotopic (exact) mass is 818 g/mol. The maximum absolute atomic E-state index is 14.0. The van der Waals surface area contributed by atoms with Crippen molar-refractivity contribution in [1.82, 2.24) is 9.62 Å². The lowest BCUT2D eigenvalue weighted by Gasteiger charge is -2.31. The third-order valence-corrected chi connectivity index (χ3v) is 11.4. The number of sulfonamides is 1. The van der Waals surface area contributed by atoms with Crippen LogP contribution in [0.2, 0.25) is 0 Å². The van der Waals surface area contributed by atoms with Crippen molar-refractivity contribution in [3.63, 3.8) is 0 Å². The minimum absolute atomic E-state index is 0.0557. The van der Waals surface area contributed by atoms with Gasteiger partial charge in [0, 0.05) is 19.2 Å². The van der Waals surface area contributed by atoms with Crippen molar-refractivity contribution in [2.45, 2.75) is 89.7 Å². The lowest BCUT2D eigenvalue weighted by molar-refractivity contribution is -0.0907. The Labute approximate surface area is 334 Å². The molecule has 3 aromatic rings. The number of aliphatic hydroxyl groups is 1. The molecule has 0 aromatic heterocycles. The van der Waals surface area contributed by atoms with Crippen LogP contribution in [0, 0.1) is 11.8 Å². The van der Waals surface area contributed by atoms with Gasteiger partial charge >= 0.3 is 6.09 Å². The van der Waals surface area contributed by atoms with Crippen molar-refractivity contribution < 1.29 is 46.6 Å². The summed E-state index contributed by atoms with van der Waals surface area (Å²) in [4.78, 5) is 13.0. The van der Waals surface area contributed by atoms with E-state index >= 15 is 0 Å². The molecule has 0 spiro atoms. The second-order valence-corrected chi connectivity index (χ2v) is 20.2. The highest BCUT2D eigenvalue weighted by molar-refractivity contribution is 7.89. The Morgan fingerprint density at radius 3 is 2.12 bits per heavy atom. The van der Waals surface area contributed by atoms with Gasteiger partial charge < -0.3 is 38.7 Å². The third kappa shape index (κ3) is 15.1. The van der Waals surface area contributed by atoms with E-state index in [0.717, 1.165) is 18.4 Å². The highest BCUT2D eigenvalue weighted by Gasteiger charge is 2.44. The van der Waals surface area contributed by atoms with E-state index in [4.69, 9.17) is 23.7 Å². The van der Waals surface area contributed by atoms with Crippen LogP contribution in [-0.4, -0.2) is 102 Å². The summed E-state index contributed by atoms with van der Waals surface area (Å²) in [6.45, 7) is 13.9. The van der Waals surface area contributed by atoms with Crippen LogP contribution in [0.15, 0.2) is 83.8 Å². The molecule has 1 amide bonds. The second kappa shape index (κ2) is 23.1. The number of aryl methyl sites for hydroxylation is 1. The highest BCUT2D eigenvalue weighted by Crippen LogP contribution is 2.39. The lowest BCUT2D eigenvalue weighted by atomic mass is 10.0. The fourth-order valence-corrected chi connectivity index (χ4v) is 8.14. The molecule has 5 rings (SSSR count). The van der Waals surface area contributed by atoms with Gasteiger partial charge in [0.15, 0.2) is 17.8 Å². The number of alkyl carbamates (subject to hydrolysis) is 1. The minimum Gasteiger partial charge on any atom is -0.493 e. The van der Waals surface area contributed by atoms with Crippen LogP contribution in [0.25, 0.3) is 0 Å². The summed E-state index contributed by atoms with van der Waals surface area (Å²) < 4.78 is 69.3. The Morgan fingerprint density at radius 2 is 1.57 bits per heavy atom. The average molecular weight is 819 g/mol. The number of nitrogens with zero attached hydrogens (tertiary/aromatic N) is 1. The first-order chi connectivity index (χ1) is 26.6. The van der Waals surface area contributed by atoms with Gasteiger partial charge in [0.05, 0.1) is 43.3 Å². The van der Waals surface area contributed by atoms with Crippen LogP contribution < -0.4 is 14.8 Å². The van der Waals surface area contributed by atoms with Crippen LogP contribution in [-0.2, 0) is 41.6 Å². The van der Waals surface area contributed by atoms with Gasteiger partial charge in [0.2, 0.25) is 10.0 Å². The van der Waals surface area contributed by atoms with Gasteiger partial charge in [-0.3, -0.25) is 0 Å². The van der Waals surface area contributed by atoms with Crippen LogP contribution in [0.4, 0.5) is 4.79 Å². The van der Waals surface area contributed by atoms with E-state index in [1.54, 1.807) is 13.3 Å². The number of carbonyl (C=O) groups is 1. The van der Waals surface area contributed by atoms with Gasteiger partial charge in [0.25, 0.3) is 0 Å². The number of carbonyl (C=O) groups excluding carboxylic acids is 1. The van der Waals surface area contributed by atoms with Crippen molar-refractivity contribution in [3.8, 4) is 11.5 Å². The van der Waals surface area contributed by atoms with Gasteiger partial charge in [0.1, 0.15) is 19.6 Å². The molecule has 56 heavy (non-hydrogen) atoms. The lowest BCUT2D eigenvalue weighted by Crippen LogP contribution is -2.51. The summed E-state index contributed by atoms with van der Waals surface area (Å²) in [6, 6.07) is 23.1. The Kier molecular flexibility index (Phi) is 19.3. The SMILES string of the molecule is CCC.CCc1ccccc1.COc1ccc(S(=O)(=O)N(CC(C)C)C[C@@H](O)[C@H](Cc2ccccc2)NC(=O)O[C@H]2CO[C@H]3OCC[C@H]32)cc1OCP(C)(C)=O. The smallest absolute Gasteiger partial charge is 0.407 e. The van der Waals surface area contributed by atoms with E-state index in [0.29, 0.717) is 12.4 Å². The maximum Gasteiger partial charge on any atom is 0.407 e. The first-order valence-corrected chi connectivity index (χ1v) is 23.7. The van der Waals surface area contributed by atoms with E-state index in [1.807, 2.05) is 50.2 Å². The molecule has 3 aromatic carbocycles. The number of methoxy groups -OCH3 is 1. The first-order valence-electron chi connectivity index (χ1n) is 19.4. The predicted molar refractivity (Wildman–Crippen MR) is 220 cm³/mol. The maximum atomic E-state index is 14.0. The molecule has 14 heteroatoms. The molecule has 5 atom stereocenters. The Hall–Kier alpha value is -3.45. The molecule has 12 nitrogen and oxygen atoms in total. The fourth-order valence-electron chi connectivity index (χ4n) is 6.05. The molecule has 0 unspecified atom stereocenters. The molecule has 0 aliphatic carbocycles. The van der Waals surface area contributed by atoms with Gasteiger partial charge in [-0.15, -0.1) is 0 Å². The predicted octanol–water partition coefficient (Wildman–Crippen LogP) is 7.43. The third-order valence-electron chi connectivity index (χ3n) is 8.82. The molecule has 0 bridgehead atoms. The van der Waals surface area contributed by atoms with Crippen molar-refractivity contribution in [1.29, 1.82) is 0 Å². The number of hydrogen-bond donors (Lipinski definition) is 2. The number of amides is 1.